The quantitative estimate of drug-likeness (QED) is 0.570. The molecule has 3 heterocycles. The topological polar surface area (TPSA) is 91.8 Å². The summed E-state index contributed by atoms with van der Waals surface area (Å²) in [7, 11) is 3.82. The Morgan fingerprint density at radius 1 is 1.23 bits per heavy atom. The number of likely N-dealkylation sites (tertiary alicyclic amines) is 1. The maximum atomic E-state index is 12.8. The summed E-state index contributed by atoms with van der Waals surface area (Å²) < 4.78 is 5.43. The number of benzene rings is 1. The van der Waals surface area contributed by atoms with Gasteiger partial charge in [0.2, 0.25) is 11.8 Å². The van der Waals surface area contributed by atoms with Crippen LogP contribution in [0.1, 0.15) is 30.5 Å². The summed E-state index contributed by atoms with van der Waals surface area (Å²) in [5.41, 5.74) is 2.25. The Morgan fingerprint density at radius 2 is 2.03 bits per heavy atom. The first-order valence-corrected chi connectivity index (χ1v) is 12.8. The average Bonchev–Trinajstić information content (AvgIpc) is 3.19. The van der Waals surface area contributed by atoms with Crippen molar-refractivity contribution in [3.63, 3.8) is 0 Å². The predicted molar refractivity (Wildman–Crippen MR) is 135 cm³/mol. The highest BCUT2D eigenvalue weighted by molar-refractivity contribution is 8.15. The molecule has 0 saturated carbocycles. The van der Waals surface area contributed by atoms with Crippen LogP contribution in [0.4, 0.5) is 4.79 Å². The maximum absolute atomic E-state index is 12.8. The van der Waals surface area contributed by atoms with Crippen LogP contribution in [-0.4, -0.2) is 70.4 Å². The zero-order valence-electron chi connectivity index (χ0n) is 20.2. The van der Waals surface area contributed by atoms with Gasteiger partial charge in [0, 0.05) is 38.3 Å². The number of amides is 3. The molecule has 1 aromatic heterocycles. The van der Waals surface area contributed by atoms with Crippen LogP contribution in [0.2, 0.25) is 0 Å². The number of thioether (sulfide) groups is 1. The molecule has 2 saturated heterocycles. The lowest BCUT2D eigenvalue weighted by Crippen LogP contribution is -2.47. The van der Waals surface area contributed by atoms with Gasteiger partial charge in [-0.1, -0.05) is 30.0 Å². The molecule has 1 N–H and O–H groups in total. The third-order valence-electron chi connectivity index (χ3n) is 6.85. The molecule has 35 heavy (non-hydrogen) atoms. The SMILES string of the molecule is COc1cccc(CC(C2CCN(C(=O)CC3SC(=O)NC3=O)CC2)N(C)Cc2ccccn2)c1. The Kier molecular flexibility index (Phi) is 8.41. The number of hydrogen-bond donors (Lipinski definition) is 1. The second kappa shape index (κ2) is 11.7. The van der Waals surface area contributed by atoms with Crippen molar-refractivity contribution in [3.05, 3.63) is 59.9 Å². The Morgan fingerprint density at radius 3 is 2.69 bits per heavy atom. The van der Waals surface area contributed by atoms with Gasteiger partial charge >= 0.3 is 0 Å². The van der Waals surface area contributed by atoms with Crippen LogP contribution in [0.15, 0.2) is 48.7 Å². The van der Waals surface area contributed by atoms with Gasteiger partial charge in [0.1, 0.15) is 11.0 Å². The molecule has 8 nitrogen and oxygen atoms in total. The lowest BCUT2D eigenvalue weighted by atomic mass is 9.84. The summed E-state index contributed by atoms with van der Waals surface area (Å²) in [5, 5.41) is 1.27. The maximum Gasteiger partial charge on any atom is 0.286 e. The monoisotopic (exact) mass is 496 g/mol. The van der Waals surface area contributed by atoms with Crippen LogP contribution in [0.25, 0.3) is 0 Å². The number of likely N-dealkylation sites (N-methyl/N-ethyl adjacent to an activating group) is 1. The number of carbonyl (C=O) groups is 3. The number of piperidine rings is 1. The van der Waals surface area contributed by atoms with Crippen molar-refractivity contribution in [3.8, 4) is 5.75 Å². The van der Waals surface area contributed by atoms with Crippen molar-refractivity contribution in [2.75, 3.05) is 27.2 Å². The number of methoxy groups -OCH3 is 1. The molecule has 186 valence electrons. The number of imide groups is 1. The van der Waals surface area contributed by atoms with Gasteiger partial charge in [0.25, 0.3) is 5.24 Å². The van der Waals surface area contributed by atoms with Gasteiger partial charge < -0.3 is 9.64 Å². The van der Waals surface area contributed by atoms with Gasteiger partial charge in [-0.2, -0.15) is 0 Å². The van der Waals surface area contributed by atoms with E-state index in [9.17, 15) is 14.4 Å². The van der Waals surface area contributed by atoms with E-state index in [0.717, 1.165) is 49.0 Å². The zero-order valence-corrected chi connectivity index (χ0v) is 21.0. The Labute approximate surface area is 210 Å². The average molecular weight is 497 g/mol. The molecule has 4 rings (SSSR count). The predicted octanol–water partition coefficient (Wildman–Crippen LogP) is 3.11. The largest absolute Gasteiger partial charge is 0.497 e. The number of aromatic nitrogens is 1. The number of carbonyl (C=O) groups excluding carboxylic acids is 3. The molecule has 1 aromatic carbocycles. The van der Waals surface area contributed by atoms with E-state index in [1.54, 1.807) is 7.11 Å². The standard InChI is InChI=1S/C26H32N4O4S/c1-29(17-20-7-3-4-11-27-20)22(15-18-6-5-8-21(14-18)34-2)19-9-12-30(13-10-19)24(31)16-23-25(32)28-26(33)35-23/h3-8,11,14,19,22-23H,9-10,12-13,15-17H2,1-2H3,(H,28,32,33). The lowest BCUT2D eigenvalue weighted by molar-refractivity contribution is -0.134. The van der Waals surface area contributed by atoms with E-state index >= 15 is 0 Å². The Balaban J connectivity index is 1.41. The van der Waals surface area contributed by atoms with Gasteiger partial charge in [-0.15, -0.1) is 0 Å². The minimum atomic E-state index is -0.613. The van der Waals surface area contributed by atoms with Crippen LogP contribution in [0.5, 0.6) is 5.75 Å². The molecule has 2 fully saturated rings. The van der Waals surface area contributed by atoms with Gasteiger partial charge in [-0.05, 0) is 62.1 Å². The van der Waals surface area contributed by atoms with Crippen molar-refractivity contribution in [2.24, 2.45) is 5.92 Å². The van der Waals surface area contributed by atoms with E-state index in [4.69, 9.17) is 4.74 Å². The van der Waals surface area contributed by atoms with E-state index in [2.05, 4.69) is 34.4 Å². The van der Waals surface area contributed by atoms with Crippen LogP contribution >= 0.6 is 11.8 Å². The normalized spacial score (nSPS) is 19.6. The van der Waals surface area contributed by atoms with Crippen molar-refractivity contribution in [1.29, 1.82) is 0 Å². The molecule has 2 aliphatic heterocycles. The third-order valence-corrected chi connectivity index (χ3v) is 7.83. The first-order valence-electron chi connectivity index (χ1n) is 11.9. The molecule has 2 unspecified atom stereocenters. The third kappa shape index (κ3) is 6.61. The summed E-state index contributed by atoms with van der Waals surface area (Å²) in [4.78, 5) is 44.8. The molecule has 0 bridgehead atoms. The van der Waals surface area contributed by atoms with Gasteiger partial charge in [0.05, 0.1) is 12.8 Å². The van der Waals surface area contributed by atoms with Gasteiger partial charge in [-0.25, -0.2) is 0 Å². The number of hydrogen-bond acceptors (Lipinski definition) is 7. The van der Waals surface area contributed by atoms with Crippen LogP contribution < -0.4 is 10.1 Å². The molecule has 0 aliphatic carbocycles. The first kappa shape index (κ1) is 25.2. The summed E-state index contributed by atoms with van der Waals surface area (Å²) in [6.07, 6.45) is 4.53. The number of nitrogens with one attached hydrogen (secondary N) is 1. The highest BCUT2D eigenvalue weighted by atomic mass is 32.2. The van der Waals surface area contributed by atoms with Crippen LogP contribution in [0, 0.1) is 5.92 Å². The fourth-order valence-corrected chi connectivity index (χ4v) is 5.75. The van der Waals surface area contributed by atoms with Crippen LogP contribution in [-0.2, 0) is 22.6 Å². The van der Waals surface area contributed by atoms with E-state index in [1.807, 2.05) is 41.4 Å². The highest BCUT2D eigenvalue weighted by Gasteiger charge is 2.36. The molecule has 2 aromatic rings. The molecule has 2 aliphatic rings. The van der Waals surface area contributed by atoms with E-state index in [-0.39, 0.29) is 29.5 Å². The molecule has 0 radical (unpaired) electrons. The van der Waals surface area contributed by atoms with E-state index < -0.39 is 5.25 Å². The molecule has 0 spiro atoms. The van der Waals surface area contributed by atoms with Gasteiger partial charge in [0.15, 0.2) is 0 Å². The molecule has 3 amide bonds. The molecule has 2 atom stereocenters. The summed E-state index contributed by atoms with van der Waals surface area (Å²) in [6.45, 7) is 2.06. The Hall–Kier alpha value is -2.91. The number of nitrogens with zero attached hydrogens (tertiary/aromatic N) is 3. The minimum Gasteiger partial charge on any atom is -0.497 e. The second-order valence-electron chi connectivity index (χ2n) is 9.16. The zero-order chi connectivity index (χ0) is 24.8. The van der Waals surface area contributed by atoms with Crippen molar-refractivity contribution in [2.45, 2.75) is 43.5 Å². The minimum absolute atomic E-state index is 0.0583. The van der Waals surface area contributed by atoms with Gasteiger partial charge in [-0.3, -0.25) is 29.6 Å². The summed E-state index contributed by atoms with van der Waals surface area (Å²) in [6, 6.07) is 14.4. The molecular weight excluding hydrogens is 464 g/mol. The smallest absolute Gasteiger partial charge is 0.286 e. The highest BCUT2D eigenvalue weighted by Crippen LogP contribution is 2.29. The lowest BCUT2D eigenvalue weighted by Gasteiger charge is -2.40. The number of rotatable bonds is 9. The van der Waals surface area contributed by atoms with Crippen LogP contribution in [0.3, 0.4) is 0 Å². The summed E-state index contributed by atoms with van der Waals surface area (Å²) in [5.74, 6) is 0.834. The van der Waals surface area contributed by atoms with Crippen molar-refractivity contribution >= 4 is 28.8 Å². The van der Waals surface area contributed by atoms with E-state index in [0.29, 0.717) is 19.0 Å². The fraction of sp³-hybridized carbons (Fsp3) is 0.462. The van der Waals surface area contributed by atoms with Crippen molar-refractivity contribution < 1.29 is 19.1 Å². The van der Waals surface area contributed by atoms with Crippen molar-refractivity contribution in [1.82, 2.24) is 20.1 Å². The number of pyridine rings is 1. The molecule has 9 heteroatoms. The first-order chi connectivity index (χ1) is 16.9. The second-order valence-corrected chi connectivity index (χ2v) is 10.3. The Bertz CT molecular complexity index is 1040. The van der Waals surface area contributed by atoms with E-state index in [1.165, 1.54) is 5.56 Å². The fourth-order valence-electron chi connectivity index (χ4n) is 4.94. The molecular formula is C26H32N4O4S. The number of ether oxygens (including phenoxy) is 1. The summed E-state index contributed by atoms with van der Waals surface area (Å²) >= 11 is 0.911.